The summed E-state index contributed by atoms with van der Waals surface area (Å²) < 4.78 is 41.6. The maximum Gasteiger partial charge on any atom is 0.416 e. The summed E-state index contributed by atoms with van der Waals surface area (Å²) >= 11 is 0. The van der Waals surface area contributed by atoms with E-state index in [1.165, 1.54) is 6.07 Å². The van der Waals surface area contributed by atoms with Crippen LogP contribution in [0, 0.1) is 17.4 Å². The molecule has 1 amide bonds. The van der Waals surface area contributed by atoms with Gasteiger partial charge in [-0.05, 0) is 48.0 Å². The third kappa shape index (κ3) is 3.19. The van der Waals surface area contributed by atoms with Crippen molar-refractivity contribution in [3.05, 3.63) is 82.9 Å². The van der Waals surface area contributed by atoms with Gasteiger partial charge in [0.25, 0.3) is 0 Å². The minimum Gasteiger partial charge on any atom is -0.366 e. The molecule has 4 nitrogen and oxygen atoms in total. The Hall–Kier alpha value is -3.79. The Labute approximate surface area is 163 Å². The molecular formula is C22H13F3N3O. The molecule has 4 aromatic rings. The van der Waals surface area contributed by atoms with Gasteiger partial charge in [0.05, 0.1) is 28.2 Å². The lowest BCUT2D eigenvalue weighted by Crippen LogP contribution is -2.11. The van der Waals surface area contributed by atoms with Crippen LogP contribution in [0.1, 0.15) is 27.0 Å². The van der Waals surface area contributed by atoms with Crippen LogP contribution in [0.4, 0.5) is 13.2 Å². The van der Waals surface area contributed by atoms with Crippen LogP contribution in [0.3, 0.4) is 0 Å². The normalized spacial score (nSPS) is 11.7. The van der Waals surface area contributed by atoms with Gasteiger partial charge in [0.1, 0.15) is 0 Å². The Bertz CT molecular complexity index is 1310. The van der Waals surface area contributed by atoms with Crippen LogP contribution in [0.2, 0.25) is 0 Å². The van der Waals surface area contributed by atoms with E-state index in [9.17, 15) is 18.0 Å². The maximum absolute atomic E-state index is 13.3. The SMILES string of the molecule is N#Cc1cccc(Cn2c3cc(C(F)(F)F)c[c]c3c3c(C(N)=O)cccc32)c1. The number of nitrogens with zero attached hydrogens (tertiary/aromatic N) is 2. The van der Waals surface area contributed by atoms with E-state index in [0.29, 0.717) is 21.9 Å². The second kappa shape index (κ2) is 6.67. The number of carbonyl (C=O) groups excluding carboxylic acids is 1. The molecule has 0 atom stereocenters. The molecule has 4 rings (SSSR count). The van der Waals surface area contributed by atoms with E-state index in [2.05, 4.69) is 6.07 Å². The molecule has 0 unspecified atom stereocenters. The first-order chi connectivity index (χ1) is 13.8. The van der Waals surface area contributed by atoms with Crippen LogP contribution in [0.15, 0.2) is 54.6 Å². The Morgan fingerprint density at radius 3 is 2.59 bits per heavy atom. The van der Waals surface area contributed by atoms with Crippen molar-refractivity contribution in [2.24, 2.45) is 5.73 Å². The van der Waals surface area contributed by atoms with Gasteiger partial charge in [0, 0.05) is 22.9 Å². The van der Waals surface area contributed by atoms with E-state index in [1.807, 2.05) is 6.07 Å². The molecule has 0 fully saturated rings. The predicted molar refractivity (Wildman–Crippen MR) is 102 cm³/mol. The second-order valence-electron chi connectivity index (χ2n) is 6.61. The molecule has 0 saturated heterocycles. The lowest BCUT2D eigenvalue weighted by atomic mass is 10.0. The monoisotopic (exact) mass is 392 g/mol. The van der Waals surface area contributed by atoms with Crippen molar-refractivity contribution in [3.8, 4) is 6.07 Å². The number of carbonyl (C=O) groups is 1. The number of hydrogen-bond acceptors (Lipinski definition) is 2. The van der Waals surface area contributed by atoms with Crippen molar-refractivity contribution >= 4 is 27.7 Å². The van der Waals surface area contributed by atoms with Crippen LogP contribution >= 0.6 is 0 Å². The van der Waals surface area contributed by atoms with Gasteiger partial charge in [-0.15, -0.1) is 0 Å². The molecule has 0 saturated carbocycles. The van der Waals surface area contributed by atoms with Crippen LogP contribution in [0.25, 0.3) is 21.8 Å². The highest BCUT2D eigenvalue weighted by molar-refractivity contribution is 6.17. The fourth-order valence-corrected chi connectivity index (χ4v) is 3.52. The molecule has 2 N–H and O–H groups in total. The number of halogens is 3. The Balaban J connectivity index is 2.05. The number of aromatic nitrogens is 1. The summed E-state index contributed by atoms with van der Waals surface area (Å²) in [7, 11) is 0. The van der Waals surface area contributed by atoms with Crippen LogP contribution < -0.4 is 5.73 Å². The minimum atomic E-state index is -4.53. The highest BCUT2D eigenvalue weighted by Crippen LogP contribution is 2.36. The average Bonchev–Trinajstić information content (AvgIpc) is 3.00. The van der Waals surface area contributed by atoms with Crippen molar-refractivity contribution in [3.63, 3.8) is 0 Å². The largest absolute Gasteiger partial charge is 0.416 e. The molecule has 143 valence electrons. The number of amides is 1. The van der Waals surface area contributed by atoms with Gasteiger partial charge >= 0.3 is 6.18 Å². The predicted octanol–water partition coefficient (Wildman–Crippen LogP) is 4.63. The van der Waals surface area contributed by atoms with Gasteiger partial charge in [-0.2, -0.15) is 18.4 Å². The first-order valence-corrected chi connectivity index (χ1v) is 8.62. The molecule has 0 aliphatic carbocycles. The van der Waals surface area contributed by atoms with Crippen molar-refractivity contribution in [2.75, 3.05) is 0 Å². The summed E-state index contributed by atoms with van der Waals surface area (Å²) in [5.41, 5.74) is 6.91. The van der Waals surface area contributed by atoms with Gasteiger partial charge in [-0.1, -0.05) is 18.2 Å². The Kier molecular flexibility index (Phi) is 4.27. The van der Waals surface area contributed by atoms with Crippen LogP contribution in [-0.2, 0) is 12.7 Å². The molecule has 0 aliphatic heterocycles. The average molecular weight is 392 g/mol. The van der Waals surface area contributed by atoms with E-state index in [1.54, 1.807) is 41.0 Å². The Morgan fingerprint density at radius 2 is 1.90 bits per heavy atom. The topological polar surface area (TPSA) is 71.8 Å². The van der Waals surface area contributed by atoms with Crippen LogP contribution in [-0.4, -0.2) is 10.5 Å². The molecule has 0 spiro atoms. The smallest absolute Gasteiger partial charge is 0.366 e. The quantitative estimate of drug-likeness (QED) is 0.552. The fraction of sp³-hybridized carbons (Fsp3) is 0.0909. The first-order valence-electron chi connectivity index (χ1n) is 8.62. The highest BCUT2D eigenvalue weighted by Gasteiger charge is 2.31. The number of fused-ring (bicyclic) bond motifs is 3. The van der Waals surface area contributed by atoms with Gasteiger partial charge in [-0.25, -0.2) is 0 Å². The van der Waals surface area contributed by atoms with E-state index >= 15 is 0 Å². The van der Waals surface area contributed by atoms with E-state index < -0.39 is 17.6 Å². The summed E-state index contributed by atoms with van der Waals surface area (Å²) in [6.07, 6.45) is -4.53. The lowest BCUT2D eigenvalue weighted by molar-refractivity contribution is -0.137. The molecule has 0 bridgehead atoms. The first kappa shape index (κ1) is 18.6. The number of rotatable bonds is 3. The highest BCUT2D eigenvalue weighted by atomic mass is 19.4. The van der Waals surface area contributed by atoms with Crippen molar-refractivity contribution in [1.29, 1.82) is 5.26 Å². The zero-order chi connectivity index (χ0) is 20.8. The molecular weight excluding hydrogens is 379 g/mol. The van der Waals surface area contributed by atoms with Crippen molar-refractivity contribution in [2.45, 2.75) is 12.7 Å². The third-order valence-electron chi connectivity index (χ3n) is 4.78. The number of hydrogen-bond donors (Lipinski definition) is 1. The Morgan fingerprint density at radius 1 is 1.14 bits per heavy atom. The zero-order valence-corrected chi connectivity index (χ0v) is 14.9. The standard InChI is InChI=1S/C22H13F3N3O/c23-22(24,25)15-7-8-16-19(10-15)28(12-14-4-1-3-13(9-14)11-26)18-6-2-5-17(20(16)18)21(27)29/h1-7,9-10H,12H2,(H2,27,29). The summed E-state index contributed by atoms with van der Waals surface area (Å²) in [4.78, 5) is 11.9. The number of nitriles is 1. The van der Waals surface area contributed by atoms with Gasteiger partial charge in [0.2, 0.25) is 5.91 Å². The molecule has 1 heterocycles. The molecule has 1 radical (unpaired) electrons. The van der Waals surface area contributed by atoms with Crippen LogP contribution in [0.5, 0.6) is 0 Å². The number of nitrogens with two attached hydrogens (primary N) is 1. The number of primary amides is 1. The number of benzene rings is 3. The fourth-order valence-electron chi connectivity index (χ4n) is 3.52. The number of alkyl halides is 3. The summed E-state index contributed by atoms with van der Waals surface area (Å²) in [5.74, 6) is -0.672. The summed E-state index contributed by atoms with van der Waals surface area (Å²) in [6, 6.07) is 18.4. The lowest BCUT2D eigenvalue weighted by Gasteiger charge is -2.10. The van der Waals surface area contributed by atoms with E-state index in [-0.39, 0.29) is 17.6 Å². The zero-order valence-electron chi connectivity index (χ0n) is 14.9. The third-order valence-corrected chi connectivity index (χ3v) is 4.78. The summed E-state index contributed by atoms with van der Waals surface area (Å²) in [5, 5.41) is 9.96. The van der Waals surface area contributed by atoms with Crippen molar-refractivity contribution in [1.82, 2.24) is 4.57 Å². The molecule has 1 aromatic heterocycles. The van der Waals surface area contributed by atoms with E-state index in [0.717, 1.165) is 17.7 Å². The van der Waals surface area contributed by atoms with Gasteiger partial charge < -0.3 is 10.3 Å². The summed E-state index contributed by atoms with van der Waals surface area (Å²) in [6.45, 7) is 0.215. The van der Waals surface area contributed by atoms with Crippen molar-refractivity contribution < 1.29 is 18.0 Å². The molecule has 29 heavy (non-hydrogen) atoms. The molecule has 0 aliphatic rings. The minimum absolute atomic E-state index is 0.215. The maximum atomic E-state index is 13.3. The molecule has 3 aromatic carbocycles. The molecule has 7 heteroatoms. The van der Waals surface area contributed by atoms with Gasteiger partial charge in [-0.3, -0.25) is 4.79 Å². The van der Waals surface area contributed by atoms with Gasteiger partial charge in [0.15, 0.2) is 0 Å². The second-order valence-corrected chi connectivity index (χ2v) is 6.61. The van der Waals surface area contributed by atoms with E-state index in [4.69, 9.17) is 11.0 Å².